The number of carbonyl (C=O) groups excluding carboxylic acids is 2. The van der Waals surface area contributed by atoms with Gasteiger partial charge in [0.2, 0.25) is 5.91 Å². The highest BCUT2D eigenvalue weighted by atomic mass is 16.4. The van der Waals surface area contributed by atoms with E-state index >= 15 is 0 Å². The second-order valence-electron chi connectivity index (χ2n) is 5.46. The molecule has 1 aliphatic heterocycles. The molecule has 1 rings (SSSR count). The molecule has 0 aromatic heterocycles. The van der Waals surface area contributed by atoms with Crippen LogP contribution < -0.4 is 5.73 Å². The highest BCUT2D eigenvalue weighted by Crippen LogP contribution is 2.21. The van der Waals surface area contributed by atoms with Crippen LogP contribution in [-0.4, -0.2) is 58.5 Å². The van der Waals surface area contributed by atoms with E-state index in [1.54, 1.807) is 4.90 Å². The topological polar surface area (TPSA) is 104 Å². The first kappa shape index (κ1) is 17.3. The van der Waals surface area contributed by atoms with Crippen LogP contribution in [0.2, 0.25) is 0 Å². The Labute approximate surface area is 125 Å². The summed E-state index contributed by atoms with van der Waals surface area (Å²) >= 11 is 0. The van der Waals surface area contributed by atoms with Gasteiger partial charge in [-0.05, 0) is 25.7 Å². The Bertz CT molecular complexity index is 386. The monoisotopic (exact) mass is 299 g/mol. The van der Waals surface area contributed by atoms with Crippen LogP contribution in [0.1, 0.15) is 45.4 Å². The predicted molar refractivity (Wildman–Crippen MR) is 77.7 cm³/mol. The van der Waals surface area contributed by atoms with Crippen molar-refractivity contribution in [3.8, 4) is 0 Å². The molecule has 120 valence electrons. The van der Waals surface area contributed by atoms with Gasteiger partial charge in [-0.1, -0.05) is 13.3 Å². The molecule has 0 aromatic carbocycles. The van der Waals surface area contributed by atoms with E-state index in [0.717, 1.165) is 25.7 Å². The van der Waals surface area contributed by atoms with Gasteiger partial charge in [0.05, 0.1) is 6.42 Å². The summed E-state index contributed by atoms with van der Waals surface area (Å²) in [7, 11) is 0. The maximum absolute atomic E-state index is 12.6. The van der Waals surface area contributed by atoms with Crippen LogP contribution >= 0.6 is 0 Å². The summed E-state index contributed by atoms with van der Waals surface area (Å²) in [5, 5.41) is 8.97. The van der Waals surface area contributed by atoms with Gasteiger partial charge in [-0.2, -0.15) is 0 Å². The number of amides is 3. The first-order valence-electron chi connectivity index (χ1n) is 7.51. The summed E-state index contributed by atoms with van der Waals surface area (Å²) in [6.45, 7) is 2.89. The summed E-state index contributed by atoms with van der Waals surface area (Å²) in [5.74, 6) is -1.46. The average molecular weight is 299 g/mol. The minimum Gasteiger partial charge on any atom is -0.481 e. The number of hydrogen-bond acceptors (Lipinski definition) is 3. The van der Waals surface area contributed by atoms with Crippen LogP contribution in [0.25, 0.3) is 0 Å². The molecule has 1 heterocycles. The number of urea groups is 1. The van der Waals surface area contributed by atoms with Crippen LogP contribution in [0.5, 0.6) is 0 Å². The Balaban J connectivity index is 2.77. The number of unbranched alkanes of at least 4 members (excludes halogenated alkanes) is 1. The third-order valence-corrected chi connectivity index (χ3v) is 3.68. The van der Waals surface area contributed by atoms with Gasteiger partial charge >= 0.3 is 12.0 Å². The number of nitrogens with zero attached hydrogens (tertiary/aromatic N) is 2. The lowest BCUT2D eigenvalue weighted by Gasteiger charge is -2.38. The van der Waals surface area contributed by atoms with Gasteiger partial charge in [0.15, 0.2) is 0 Å². The summed E-state index contributed by atoms with van der Waals surface area (Å²) in [5.41, 5.74) is 5.20. The minimum absolute atomic E-state index is 0.0517. The third kappa shape index (κ3) is 5.61. The average Bonchev–Trinajstić information content (AvgIpc) is 2.42. The van der Waals surface area contributed by atoms with E-state index < -0.39 is 11.9 Å². The lowest BCUT2D eigenvalue weighted by molar-refractivity contribution is -0.138. The molecule has 1 saturated heterocycles. The van der Waals surface area contributed by atoms with E-state index in [9.17, 15) is 14.4 Å². The highest BCUT2D eigenvalue weighted by molar-refractivity contribution is 5.83. The molecular formula is C14H25N3O4. The lowest BCUT2D eigenvalue weighted by atomic mass is 10.00. The number of likely N-dealkylation sites (tertiary alicyclic amines) is 1. The van der Waals surface area contributed by atoms with E-state index in [0.29, 0.717) is 19.5 Å². The molecule has 7 heteroatoms. The number of carboxylic acid groups (broad SMARTS) is 1. The van der Waals surface area contributed by atoms with Gasteiger partial charge in [-0.15, -0.1) is 0 Å². The van der Waals surface area contributed by atoms with Crippen molar-refractivity contribution in [2.24, 2.45) is 5.73 Å². The van der Waals surface area contributed by atoms with E-state index in [-0.39, 0.29) is 25.0 Å². The molecular weight excluding hydrogens is 274 g/mol. The van der Waals surface area contributed by atoms with Crippen molar-refractivity contribution >= 4 is 17.9 Å². The smallest absolute Gasteiger partial charge is 0.320 e. The van der Waals surface area contributed by atoms with Gasteiger partial charge in [0, 0.05) is 19.1 Å². The molecule has 0 saturated carbocycles. The Morgan fingerprint density at radius 3 is 2.62 bits per heavy atom. The van der Waals surface area contributed by atoms with Crippen molar-refractivity contribution in [3.05, 3.63) is 0 Å². The zero-order chi connectivity index (χ0) is 15.8. The maximum atomic E-state index is 12.6. The number of carbonyl (C=O) groups is 3. The minimum atomic E-state index is -0.908. The molecule has 3 amide bonds. The molecule has 1 atom stereocenters. The van der Waals surface area contributed by atoms with Gasteiger partial charge in [-0.3, -0.25) is 9.59 Å². The Kier molecular flexibility index (Phi) is 6.98. The molecule has 0 radical (unpaired) electrons. The SMILES string of the molecule is CCCCN(CC(N)=O)C(=O)N1CCCCC1CC(=O)O. The number of nitrogens with two attached hydrogens (primary N) is 1. The van der Waals surface area contributed by atoms with Crippen molar-refractivity contribution in [1.29, 1.82) is 0 Å². The summed E-state index contributed by atoms with van der Waals surface area (Å²) < 4.78 is 0. The Hall–Kier alpha value is -1.79. The highest BCUT2D eigenvalue weighted by Gasteiger charge is 2.31. The molecule has 1 fully saturated rings. The van der Waals surface area contributed by atoms with Gasteiger partial charge < -0.3 is 20.6 Å². The second-order valence-corrected chi connectivity index (χ2v) is 5.46. The number of rotatable bonds is 7. The summed E-state index contributed by atoms with van der Waals surface area (Å²) in [6.07, 6.45) is 4.12. The number of aliphatic carboxylic acids is 1. The fourth-order valence-corrected chi connectivity index (χ4v) is 2.63. The molecule has 1 aliphatic rings. The molecule has 21 heavy (non-hydrogen) atoms. The predicted octanol–water partition coefficient (Wildman–Crippen LogP) is 1.02. The van der Waals surface area contributed by atoms with Crippen LogP contribution in [-0.2, 0) is 9.59 Å². The van der Waals surface area contributed by atoms with Gasteiger partial charge in [-0.25, -0.2) is 4.79 Å². The van der Waals surface area contributed by atoms with Gasteiger partial charge in [0.25, 0.3) is 0 Å². The maximum Gasteiger partial charge on any atom is 0.320 e. The Morgan fingerprint density at radius 2 is 2.05 bits per heavy atom. The van der Waals surface area contributed by atoms with Crippen molar-refractivity contribution in [1.82, 2.24) is 9.80 Å². The Morgan fingerprint density at radius 1 is 1.33 bits per heavy atom. The van der Waals surface area contributed by atoms with Crippen molar-refractivity contribution in [2.45, 2.75) is 51.5 Å². The van der Waals surface area contributed by atoms with E-state index in [4.69, 9.17) is 10.8 Å². The van der Waals surface area contributed by atoms with E-state index in [1.165, 1.54) is 4.90 Å². The molecule has 7 nitrogen and oxygen atoms in total. The molecule has 0 bridgehead atoms. The number of carboxylic acids is 1. The molecule has 1 unspecified atom stereocenters. The molecule has 3 N–H and O–H groups in total. The van der Waals surface area contributed by atoms with Gasteiger partial charge in [0.1, 0.15) is 6.54 Å². The zero-order valence-electron chi connectivity index (χ0n) is 12.6. The lowest BCUT2D eigenvalue weighted by Crippen LogP contribution is -2.52. The van der Waals surface area contributed by atoms with Crippen molar-refractivity contribution in [2.75, 3.05) is 19.6 Å². The third-order valence-electron chi connectivity index (χ3n) is 3.68. The van der Waals surface area contributed by atoms with Crippen LogP contribution in [0.3, 0.4) is 0 Å². The zero-order valence-corrected chi connectivity index (χ0v) is 12.6. The van der Waals surface area contributed by atoms with E-state index in [1.807, 2.05) is 6.92 Å². The fourth-order valence-electron chi connectivity index (χ4n) is 2.63. The van der Waals surface area contributed by atoms with Crippen LogP contribution in [0.15, 0.2) is 0 Å². The van der Waals surface area contributed by atoms with Crippen molar-refractivity contribution < 1.29 is 19.5 Å². The summed E-state index contributed by atoms with van der Waals surface area (Å²) in [6, 6.07) is -0.561. The number of piperidine rings is 1. The normalized spacial score (nSPS) is 18.3. The van der Waals surface area contributed by atoms with Crippen molar-refractivity contribution in [3.63, 3.8) is 0 Å². The quantitative estimate of drug-likeness (QED) is 0.732. The first-order valence-corrected chi connectivity index (χ1v) is 7.51. The molecule has 0 aromatic rings. The number of hydrogen-bond donors (Lipinski definition) is 2. The van der Waals surface area contributed by atoms with E-state index in [2.05, 4.69) is 0 Å². The summed E-state index contributed by atoms with van der Waals surface area (Å²) in [4.78, 5) is 37.7. The fraction of sp³-hybridized carbons (Fsp3) is 0.786. The van der Waals surface area contributed by atoms with Crippen LogP contribution in [0, 0.1) is 0 Å². The number of primary amides is 1. The standard InChI is InChI=1S/C14H25N3O4/c1-2-3-7-16(10-12(15)18)14(21)17-8-5-4-6-11(17)9-13(19)20/h11H,2-10H2,1H3,(H2,15,18)(H,19,20). The largest absolute Gasteiger partial charge is 0.481 e. The molecule has 0 spiro atoms. The second kappa shape index (κ2) is 8.49. The van der Waals surface area contributed by atoms with Crippen LogP contribution in [0.4, 0.5) is 4.79 Å². The molecule has 0 aliphatic carbocycles. The first-order chi connectivity index (χ1) is 9.95.